The predicted octanol–water partition coefficient (Wildman–Crippen LogP) is 1.23. The maximum atomic E-state index is 5.54. The molecule has 4 nitrogen and oxygen atoms in total. The molecule has 14 heavy (non-hydrogen) atoms. The fraction of sp³-hybridized carbons (Fsp3) is 0.667. The number of nitrogen functional groups attached to an aromatic ring is 1. The molecule has 0 aliphatic carbocycles. The van der Waals surface area contributed by atoms with E-state index >= 15 is 0 Å². The Morgan fingerprint density at radius 3 is 3.07 bits per heavy atom. The summed E-state index contributed by atoms with van der Waals surface area (Å²) in [6.45, 7) is 5.71. The summed E-state index contributed by atoms with van der Waals surface area (Å²) in [5.41, 5.74) is 5.54. The van der Waals surface area contributed by atoms with E-state index in [0.717, 1.165) is 18.1 Å². The van der Waals surface area contributed by atoms with Crippen molar-refractivity contribution in [1.29, 1.82) is 0 Å². The van der Waals surface area contributed by atoms with Crippen LogP contribution in [0.4, 0.5) is 10.8 Å². The molecule has 0 unspecified atom stereocenters. The number of rotatable bonds is 4. The molecule has 0 bridgehead atoms. The highest BCUT2D eigenvalue weighted by Crippen LogP contribution is 2.21. The largest absolute Gasteiger partial charge is 0.383 e. The van der Waals surface area contributed by atoms with Crippen LogP contribution in [0.1, 0.15) is 13.3 Å². The van der Waals surface area contributed by atoms with Crippen LogP contribution in [0.2, 0.25) is 0 Å². The second kappa shape index (κ2) is 4.14. The van der Waals surface area contributed by atoms with Gasteiger partial charge in [0.25, 0.3) is 0 Å². The molecule has 0 saturated carbocycles. The first-order valence-electron chi connectivity index (χ1n) is 4.99. The molecule has 0 aromatic carbocycles. The maximum Gasteiger partial charge on any atom is 0.139 e. The van der Waals surface area contributed by atoms with Gasteiger partial charge < -0.3 is 11.1 Å². The van der Waals surface area contributed by atoms with Crippen LogP contribution in [0.3, 0.4) is 0 Å². The standard InChI is InChI=1S/C9H16N4S/c1-2-3-13-5-7(6-13)11-9-4-8(10)12-14-9/h4,7,11H,2-3,5-6H2,1H3,(H2,10,12). The van der Waals surface area contributed by atoms with Crippen LogP contribution in [0.25, 0.3) is 0 Å². The molecule has 1 saturated heterocycles. The van der Waals surface area contributed by atoms with Gasteiger partial charge in [-0.05, 0) is 24.5 Å². The number of nitrogens with two attached hydrogens (primary N) is 1. The highest BCUT2D eigenvalue weighted by molar-refractivity contribution is 7.10. The fourth-order valence-corrected chi connectivity index (χ4v) is 2.37. The average Bonchev–Trinajstić information content (AvgIpc) is 2.48. The molecule has 2 rings (SSSR count). The Balaban J connectivity index is 1.74. The van der Waals surface area contributed by atoms with E-state index in [1.807, 2.05) is 6.07 Å². The lowest BCUT2D eigenvalue weighted by molar-refractivity contribution is 0.162. The zero-order chi connectivity index (χ0) is 9.97. The van der Waals surface area contributed by atoms with Crippen molar-refractivity contribution >= 4 is 22.4 Å². The van der Waals surface area contributed by atoms with E-state index < -0.39 is 0 Å². The third-order valence-electron chi connectivity index (χ3n) is 2.37. The van der Waals surface area contributed by atoms with Crippen LogP contribution < -0.4 is 11.1 Å². The number of hydrogen-bond acceptors (Lipinski definition) is 5. The second-order valence-corrected chi connectivity index (χ2v) is 4.52. The highest BCUT2D eigenvalue weighted by atomic mass is 32.1. The summed E-state index contributed by atoms with van der Waals surface area (Å²) in [7, 11) is 0. The van der Waals surface area contributed by atoms with Crippen LogP contribution in [-0.2, 0) is 0 Å². The van der Waals surface area contributed by atoms with Gasteiger partial charge >= 0.3 is 0 Å². The SMILES string of the molecule is CCCN1CC(Nc2cc(N)ns2)C1. The summed E-state index contributed by atoms with van der Waals surface area (Å²) in [5.74, 6) is 0.613. The maximum absolute atomic E-state index is 5.54. The van der Waals surface area contributed by atoms with Gasteiger partial charge in [0.2, 0.25) is 0 Å². The quantitative estimate of drug-likeness (QED) is 0.788. The first kappa shape index (κ1) is 9.73. The van der Waals surface area contributed by atoms with Crippen molar-refractivity contribution in [1.82, 2.24) is 9.27 Å². The Morgan fingerprint density at radius 1 is 1.71 bits per heavy atom. The van der Waals surface area contributed by atoms with Crippen LogP contribution in [0, 0.1) is 0 Å². The van der Waals surface area contributed by atoms with E-state index in [4.69, 9.17) is 5.73 Å². The van der Waals surface area contributed by atoms with Crippen molar-refractivity contribution in [3.05, 3.63) is 6.07 Å². The van der Waals surface area contributed by atoms with Crippen molar-refractivity contribution in [2.24, 2.45) is 0 Å². The van der Waals surface area contributed by atoms with E-state index in [0.29, 0.717) is 11.9 Å². The number of anilines is 2. The second-order valence-electron chi connectivity index (χ2n) is 3.72. The van der Waals surface area contributed by atoms with Crippen LogP contribution in [0.15, 0.2) is 6.07 Å². The summed E-state index contributed by atoms with van der Waals surface area (Å²) in [6, 6.07) is 2.48. The van der Waals surface area contributed by atoms with Crippen molar-refractivity contribution in [3.8, 4) is 0 Å². The van der Waals surface area contributed by atoms with Crippen molar-refractivity contribution < 1.29 is 0 Å². The van der Waals surface area contributed by atoms with Gasteiger partial charge in [0.15, 0.2) is 0 Å². The van der Waals surface area contributed by atoms with Gasteiger partial charge in [0, 0.05) is 19.2 Å². The molecule has 5 heteroatoms. The minimum absolute atomic E-state index is 0.585. The number of nitrogens with zero attached hydrogens (tertiary/aromatic N) is 2. The molecule has 1 aliphatic rings. The highest BCUT2D eigenvalue weighted by Gasteiger charge is 2.25. The van der Waals surface area contributed by atoms with Crippen molar-refractivity contribution in [2.45, 2.75) is 19.4 Å². The third-order valence-corrected chi connectivity index (χ3v) is 3.11. The Bertz CT molecular complexity index is 293. The Labute approximate surface area is 88.3 Å². The van der Waals surface area contributed by atoms with E-state index in [1.165, 1.54) is 24.5 Å². The normalized spacial score (nSPS) is 18.1. The van der Waals surface area contributed by atoms with Gasteiger partial charge in [-0.25, -0.2) is 0 Å². The molecule has 3 N–H and O–H groups in total. The first-order valence-corrected chi connectivity index (χ1v) is 5.76. The predicted molar refractivity (Wildman–Crippen MR) is 60.7 cm³/mol. The molecular weight excluding hydrogens is 196 g/mol. The first-order chi connectivity index (χ1) is 6.78. The lowest BCUT2D eigenvalue weighted by Gasteiger charge is -2.39. The van der Waals surface area contributed by atoms with Crippen LogP contribution >= 0.6 is 11.5 Å². The van der Waals surface area contributed by atoms with Gasteiger partial charge in [-0.2, -0.15) is 4.37 Å². The topological polar surface area (TPSA) is 54.2 Å². The Hall–Kier alpha value is -0.810. The zero-order valence-corrected chi connectivity index (χ0v) is 9.18. The van der Waals surface area contributed by atoms with Gasteiger partial charge in [-0.3, -0.25) is 4.90 Å². The number of hydrogen-bond donors (Lipinski definition) is 2. The van der Waals surface area contributed by atoms with Crippen LogP contribution in [0.5, 0.6) is 0 Å². The summed E-state index contributed by atoms with van der Waals surface area (Å²) in [4.78, 5) is 2.45. The molecule has 1 aromatic rings. The molecule has 1 fully saturated rings. The lowest BCUT2D eigenvalue weighted by Crippen LogP contribution is -2.54. The van der Waals surface area contributed by atoms with Gasteiger partial charge in [-0.1, -0.05) is 6.92 Å². The van der Waals surface area contributed by atoms with Gasteiger partial charge in [-0.15, -0.1) is 0 Å². The third kappa shape index (κ3) is 2.16. The summed E-state index contributed by atoms with van der Waals surface area (Å²) < 4.78 is 4.03. The monoisotopic (exact) mass is 212 g/mol. The van der Waals surface area contributed by atoms with E-state index in [9.17, 15) is 0 Å². The minimum Gasteiger partial charge on any atom is -0.383 e. The molecule has 1 aliphatic heterocycles. The van der Waals surface area contributed by atoms with Crippen LogP contribution in [-0.4, -0.2) is 34.9 Å². The van der Waals surface area contributed by atoms with Crippen molar-refractivity contribution in [3.63, 3.8) is 0 Å². The van der Waals surface area contributed by atoms with Gasteiger partial charge in [0.05, 0.1) is 6.04 Å². The summed E-state index contributed by atoms with van der Waals surface area (Å²) in [5, 5.41) is 4.51. The summed E-state index contributed by atoms with van der Waals surface area (Å²) >= 11 is 1.44. The fourth-order valence-electron chi connectivity index (χ4n) is 1.72. The van der Waals surface area contributed by atoms with Crippen molar-refractivity contribution in [2.75, 3.05) is 30.7 Å². The Morgan fingerprint density at radius 2 is 2.50 bits per heavy atom. The molecule has 1 aromatic heterocycles. The molecule has 78 valence electrons. The Kier molecular flexibility index (Phi) is 2.88. The number of nitrogens with one attached hydrogen (secondary N) is 1. The molecule has 2 heterocycles. The molecule has 0 spiro atoms. The molecule has 0 atom stereocenters. The van der Waals surface area contributed by atoms with E-state index in [2.05, 4.69) is 21.5 Å². The lowest BCUT2D eigenvalue weighted by atomic mass is 10.1. The minimum atomic E-state index is 0.585. The summed E-state index contributed by atoms with van der Waals surface area (Å²) in [6.07, 6.45) is 1.24. The number of aromatic nitrogens is 1. The average molecular weight is 212 g/mol. The molecule has 0 amide bonds. The number of likely N-dealkylation sites (tertiary alicyclic amines) is 1. The smallest absolute Gasteiger partial charge is 0.139 e. The van der Waals surface area contributed by atoms with E-state index in [1.54, 1.807) is 0 Å². The molecule has 0 radical (unpaired) electrons. The molecular formula is C9H16N4S. The van der Waals surface area contributed by atoms with Gasteiger partial charge in [0.1, 0.15) is 10.8 Å². The van der Waals surface area contributed by atoms with E-state index in [-0.39, 0.29) is 0 Å². The zero-order valence-electron chi connectivity index (χ0n) is 8.36.